The maximum absolute atomic E-state index is 12.9. The molecule has 8 heteroatoms. The lowest BCUT2D eigenvalue weighted by atomic mass is 10.1. The van der Waals surface area contributed by atoms with Gasteiger partial charge in [0.1, 0.15) is 34.5 Å². The number of hydrogen-bond donors (Lipinski definition) is 1. The molecule has 1 aromatic carbocycles. The predicted molar refractivity (Wildman–Crippen MR) is 100.0 cm³/mol. The number of benzene rings is 1. The molecule has 0 bridgehead atoms. The van der Waals surface area contributed by atoms with E-state index in [1.54, 1.807) is 42.1 Å². The monoisotopic (exact) mass is 385 g/mol. The molecule has 27 heavy (non-hydrogen) atoms. The first-order valence-electron chi connectivity index (χ1n) is 7.89. The molecule has 0 aliphatic heterocycles. The van der Waals surface area contributed by atoms with Crippen molar-refractivity contribution in [2.75, 3.05) is 19.5 Å². The third kappa shape index (κ3) is 3.35. The standard InChI is InChI=1S/C19H16ClN3O4/c1-11-17(12(10-21)19(27-11)23-6-4-5-7-23)18(24)22-14-9-15(25-2)13(20)8-16(14)26-3/h4-9H,1-3H3,(H,22,24). The van der Waals surface area contributed by atoms with Gasteiger partial charge in [0, 0.05) is 24.5 Å². The van der Waals surface area contributed by atoms with Crippen LogP contribution in [0.15, 0.2) is 41.1 Å². The molecule has 0 saturated heterocycles. The second kappa shape index (κ2) is 7.48. The SMILES string of the molecule is COc1cc(NC(=O)c2c(C)oc(-n3cccc3)c2C#N)c(OC)cc1Cl. The predicted octanol–water partition coefficient (Wildman–Crippen LogP) is 4.17. The zero-order valence-corrected chi connectivity index (χ0v) is 15.6. The zero-order valence-electron chi connectivity index (χ0n) is 14.9. The molecular formula is C19H16ClN3O4. The summed E-state index contributed by atoms with van der Waals surface area (Å²) in [6.07, 6.45) is 3.46. The van der Waals surface area contributed by atoms with Crippen LogP contribution >= 0.6 is 11.6 Å². The maximum atomic E-state index is 12.9. The molecule has 2 heterocycles. The number of furan rings is 1. The summed E-state index contributed by atoms with van der Waals surface area (Å²) in [6, 6.07) is 8.72. The zero-order chi connectivity index (χ0) is 19.6. The molecule has 7 nitrogen and oxygen atoms in total. The Kier molecular flexibility index (Phi) is 5.10. The number of carbonyl (C=O) groups excluding carboxylic acids is 1. The third-order valence-corrected chi connectivity index (χ3v) is 4.26. The molecule has 3 rings (SSSR count). The van der Waals surface area contributed by atoms with Crippen LogP contribution in [0.4, 0.5) is 5.69 Å². The van der Waals surface area contributed by atoms with Crippen molar-refractivity contribution in [3.8, 4) is 23.5 Å². The maximum Gasteiger partial charge on any atom is 0.260 e. The van der Waals surface area contributed by atoms with Crippen LogP contribution in [0.5, 0.6) is 11.5 Å². The lowest BCUT2D eigenvalue weighted by Gasteiger charge is -2.13. The molecule has 1 N–H and O–H groups in total. The van der Waals surface area contributed by atoms with Gasteiger partial charge in [-0.25, -0.2) is 0 Å². The van der Waals surface area contributed by atoms with E-state index in [2.05, 4.69) is 5.32 Å². The van der Waals surface area contributed by atoms with E-state index in [9.17, 15) is 10.1 Å². The molecule has 0 atom stereocenters. The van der Waals surface area contributed by atoms with E-state index in [1.807, 2.05) is 6.07 Å². The summed E-state index contributed by atoms with van der Waals surface area (Å²) in [7, 11) is 2.93. The van der Waals surface area contributed by atoms with Gasteiger partial charge in [0.2, 0.25) is 5.88 Å². The van der Waals surface area contributed by atoms with Crippen molar-refractivity contribution in [3.63, 3.8) is 0 Å². The first-order valence-corrected chi connectivity index (χ1v) is 8.27. The number of aromatic nitrogens is 1. The average molecular weight is 386 g/mol. The summed E-state index contributed by atoms with van der Waals surface area (Å²) in [5.74, 6) is 0.844. The summed E-state index contributed by atoms with van der Waals surface area (Å²) in [6.45, 7) is 1.63. The fourth-order valence-corrected chi connectivity index (χ4v) is 2.93. The quantitative estimate of drug-likeness (QED) is 0.711. The van der Waals surface area contributed by atoms with Gasteiger partial charge in [-0.05, 0) is 19.1 Å². The van der Waals surface area contributed by atoms with Crippen molar-refractivity contribution in [1.29, 1.82) is 5.26 Å². The fourth-order valence-electron chi connectivity index (χ4n) is 2.70. The van der Waals surface area contributed by atoms with Crippen molar-refractivity contribution in [3.05, 3.63) is 58.6 Å². The number of aryl methyl sites for hydroxylation is 1. The van der Waals surface area contributed by atoms with Crippen molar-refractivity contribution in [2.24, 2.45) is 0 Å². The van der Waals surface area contributed by atoms with Crippen LogP contribution in [-0.2, 0) is 0 Å². The van der Waals surface area contributed by atoms with Gasteiger partial charge in [-0.15, -0.1) is 0 Å². The Morgan fingerprint density at radius 3 is 2.48 bits per heavy atom. The molecule has 0 radical (unpaired) electrons. The summed E-state index contributed by atoms with van der Waals surface area (Å²) in [5.41, 5.74) is 0.647. The highest BCUT2D eigenvalue weighted by atomic mass is 35.5. The lowest BCUT2D eigenvalue weighted by molar-refractivity contribution is 0.102. The first kappa shape index (κ1) is 18.4. The van der Waals surface area contributed by atoms with E-state index in [-0.39, 0.29) is 17.0 Å². The van der Waals surface area contributed by atoms with Gasteiger partial charge < -0.3 is 19.2 Å². The largest absolute Gasteiger partial charge is 0.495 e. The number of amides is 1. The Bertz CT molecular complexity index is 1030. The van der Waals surface area contributed by atoms with Crippen molar-refractivity contribution in [1.82, 2.24) is 4.57 Å². The molecule has 0 spiro atoms. The van der Waals surface area contributed by atoms with E-state index in [4.69, 9.17) is 25.5 Å². The molecule has 0 aliphatic rings. The average Bonchev–Trinajstić information content (AvgIpc) is 3.29. The number of rotatable bonds is 5. The second-order valence-electron chi connectivity index (χ2n) is 5.56. The number of nitrogens with zero attached hydrogens (tertiary/aromatic N) is 2. The van der Waals surface area contributed by atoms with Gasteiger partial charge in [0.05, 0.1) is 24.9 Å². The van der Waals surface area contributed by atoms with Crippen LogP contribution in [0.2, 0.25) is 5.02 Å². The molecule has 0 unspecified atom stereocenters. The number of carbonyl (C=O) groups is 1. The highest BCUT2D eigenvalue weighted by Crippen LogP contribution is 2.36. The van der Waals surface area contributed by atoms with E-state index in [0.29, 0.717) is 28.0 Å². The first-order chi connectivity index (χ1) is 13.0. The lowest BCUT2D eigenvalue weighted by Crippen LogP contribution is -2.14. The Labute approximate surface area is 160 Å². The minimum Gasteiger partial charge on any atom is -0.495 e. The number of nitriles is 1. The molecule has 1 amide bonds. The van der Waals surface area contributed by atoms with Crippen LogP contribution < -0.4 is 14.8 Å². The Morgan fingerprint density at radius 2 is 1.89 bits per heavy atom. The fraction of sp³-hybridized carbons (Fsp3) is 0.158. The van der Waals surface area contributed by atoms with Crippen LogP contribution in [0, 0.1) is 18.3 Å². The Hall–Kier alpha value is -3.37. The van der Waals surface area contributed by atoms with Gasteiger partial charge in [-0.3, -0.25) is 9.36 Å². The van der Waals surface area contributed by atoms with Gasteiger partial charge in [-0.2, -0.15) is 5.26 Å². The van der Waals surface area contributed by atoms with Crippen LogP contribution in [0.3, 0.4) is 0 Å². The highest BCUT2D eigenvalue weighted by molar-refractivity contribution is 6.32. The number of anilines is 1. The van der Waals surface area contributed by atoms with E-state index in [1.165, 1.54) is 20.3 Å². The minimum atomic E-state index is -0.506. The van der Waals surface area contributed by atoms with E-state index in [0.717, 1.165) is 0 Å². The van der Waals surface area contributed by atoms with Crippen LogP contribution in [0.1, 0.15) is 21.7 Å². The van der Waals surface area contributed by atoms with E-state index >= 15 is 0 Å². The summed E-state index contributed by atoms with van der Waals surface area (Å²) in [5, 5.41) is 12.7. The summed E-state index contributed by atoms with van der Waals surface area (Å²) < 4.78 is 17.7. The van der Waals surface area contributed by atoms with E-state index < -0.39 is 5.91 Å². The second-order valence-corrected chi connectivity index (χ2v) is 5.96. The summed E-state index contributed by atoms with van der Waals surface area (Å²) in [4.78, 5) is 12.9. The Morgan fingerprint density at radius 1 is 1.22 bits per heavy atom. The van der Waals surface area contributed by atoms with Gasteiger partial charge in [0.15, 0.2) is 0 Å². The highest BCUT2D eigenvalue weighted by Gasteiger charge is 2.25. The molecule has 2 aromatic heterocycles. The topological polar surface area (TPSA) is 89.4 Å². The summed E-state index contributed by atoms with van der Waals surface area (Å²) >= 11 is 6.09. The molecule has 138 valence electrons. The number of hydrogen-bond acceptors (Lipinski definition) is 5. The van der Waals surface area contributed by atoms with Gasteiger partial charge >= 0.3 is 0 Å². The van der Waals surface area contributed by atoms with Crippen molar-refractivity contribution in [2.45, 2.75) is 6.92 Å². The number of methoxy groups -OCH3 is 2. The van der Waals surface area contributed by atoms with Gasteiger partial charge in [-0.1, -0.05) is 11.6 Å². The smallest absolute Gasteiger partial charge is 0.260 e. The molecular weight excluding hydrogens is 370 g/mol. The minimum absolute atomic E-state index is 0.140. The Balaban J connectivity index is 2.02. The third-order valence-electron chi connectivity index (χ3n) is 3.97. The van der Waals surface area contributed by atoms with Crippen LogP contribution in [0.25, 0.3) is 5.88 Å². The normalized spacial score (nSPS) is 10.3. The van der Waals surface area contributed by atoms with Gasteiger partial charge in [0.25, 0.3) is 5.91 Å². The number of nitrogens with one attached hydrogen (secondary N) is 1. The molecule has 3 aromatic rings. The van der Waals surface area contributed by atoms with Crippen molar-refractivity contribution < 1.29 is 18.7 Å². The number of ether oxygens (including phenoxy) is 2. The van der Waals surface area contributed by atoms with Crippen molar-refractivity contribution >= 4 is 23.2 Å². The molecule has 0 saturated carbocycles. The molecule has 0 aliphatic carbocycles. The number of halogens is 1. The molecule has 0 fully saturated rings. The van der Waals surface area contributed by atoms with Crippen LogP contribution in [-0.4, -0.2) is 24.7 Å².